The van der Waals surface area contributed by atoms with E-state index in [0.29, 0.717) is 5.11 Å². The Bertz CT molecular complexity index is 553. The first-order valence-electron chi connectivity index (χ1n) is 6.96. The molecule has 0 aliphatic carbocycles. The van der Waals surface area contributed by atoms with Gasteiger partial charge in [0.1, 0.15) is 0 Å². The highest BCUT2D eigenvalue weighted by atomic mass is 32.2. The van der Waals surface area contributed by atoms with Gasteiger partial charge in [0, 0.05) is 18.0 Å². The number of hydrogen-bond acceptors (Lipinski definition) is 2. The maximum absolute atomic E-state index is 5.29. The fourth-order valence-corrected chi connectivity index (χ4v) is 2.54. The number of thiocarbonyl (C=S) groups is 1. The summed E-state index contributed by atoms with van der Waals surface area (Å²) in [5.74, 6) is 0. The van der Waals surface area contributed by atoms with E-state index in [-0.39, 0.29) is 0 Å². The minimum absolute atomic E-state index is 0.708. The van der Waals surface area contributed by atoms with E-state index in [1.807, 2.05) is 6.07 Å². The molecule has 4 heteroatoms. The third kappa shape index (κ3) is 5.78. The van der Waals surface area contributed by atoms with Gasteiger partial charge in [0.15, 0.2) is 5.11 Å². The molecule has 0 aromatic heterocycles. The van der Waals surface area contributed by atoms with Gasteiger partial charge in [-0.25, -0.2) is 0 Å². The molecule has 2 nitrogen and oxygen atoms in total. The maximum atomic E-state index is 5.29. The van der Waals surface area contributed by atoms with Crippen LogP contribution in [0, 0.1) is 0 Å². The van der Waals surface area contributed by atoms with Gasteiger partial charge in [0.25, 0.3) is 0 Å². The molecule has 2 N–H and O–H groups in total. The fourth-order valence-electron chi connectivity index (χ4n) is 1.95. The van der Waals surface area contributed by atoms with Crippen molar-refractivity contribution >= 4 is 29.1 Å². The fraction of sp³-hybridized carbons (Fsp3) is 0.235. The lowest BCUT2D eigenvalue weighted by Gasteiger charge is -2.11. The Balaban J connectivity index is 1.67. The zero-order chi connectivity index (χ0) is 14.9. The van der Waals surface area contributed by atoms with Crippen molar-refractivity contribution in [3.8, 4) is 0 Å². The normalized spacial score (nSPS) is 10.1. The van der Waals surface area contributed by atoms with Crippen LogP contribution in [0.4, 0.5) is 0 Å². The highest BCUT2D eigenvalue weighted by Crippen LogP contribution is 2.14. The summed E-state index contributed by atoms with van der Waals surface area (Å²) in [5.41, 5.74) is 2.56. The molecule has 0 heterocycles. The highest BCUT2D eigenvalue weighted by Gasteiger charge is 1.98. The van der Waals surface area contributed by atoms with Crippen molar-refractivity contribution in [3.63, 3.8) is 0 Å². The summed E-state index contributed by atoms with van der Waals surface area (Å²) in [4.78, 5) is 1.28. The Morgan fingerprint density at radius 1 is 0.952 bits per heavy atom. The van der Waals surface area contributed by atoms with Crippen LogP contribution in [0.15, 0.2) is 59.5 Å². The van der Waals surface area contributed by atoms with Gasteiger partial charge in [-0.1, -0.05) is 42.5 Å². The van der Waals surface area contributed by atoms with Crippen molar-refractivity contribution in [2.75, 3.05) is 12.8 Å². The minimum Gasteiger partial charge on any atom is -0.362 e. The Morgan fingerprint density at radius 3 is 2.33 bits per heavy atom. The molecule has 2 aromatic rings. The lowest BCUT2D eigenvalue weighted by molar-refractivity contribution is 0.814. The monoisotopic (exact) mass is 316 g/mol. The molecule has 21 heavy (non-hydrogen) atoms. The van der Waals surface area contributed by atoms with Crippen LogP contribution in [0.5, 0.6) is 0 Å². The predicted octanol–water partition coefficient (Wildman–Crippen LogP) is 3.62. The smallest absolute Gasteiger partial charge is 0.166 e. The zero-order valence-electron chi connectivity index (χ0n) is 12.1. The highest BCUT2D eigenvalue weighted by molar-refractivity contribution is 7.98. The van der Waals surface area contributed by atoms with Crippen molar-refractivity contribution in [1.82, 2.24) is 10.6 Å². The average Bonchev–Trinajstić information content (AvgIpc) is 2.54. The Hall–Kier alpha value is -1.52. The van der Waals surface area contributed by atoms with Gasteiger partial charge in [-0.3, -0.25) is 0 Å². The first kappa shape index (κ1) is 15.9. The van der Waals surface area contributed by atoms with E-state index >= 15 is 0 Å². The van der Waals surface area contributed by atoms with Crippen LogP contribution in [0.25, 0.3) is 0 Å². The van der Waals surface area contributed by atoms with Crippen LogP contribution in [0.1, 0.15) is 11.1 Å². The Kier molecular flexibility index (Phi) is 6.57. The molecule has 0 amide bonds. The molecule has 0 spiro atoms. The van der Waals surface area contributed by atoms with E-state index in [1.165, 1.54) is 16.0 Å². The molecule has 0 aliphatic heterocycles. The van der Waals surface area contributed by atoms with Gasteiger partial charge in [0.05, 0.1) is 0 Å². The summed E-state index contributed by atoms with van der Waals surface area (Å²) in [5, 5.41) is 7.18. The summed E-state index contributed by atoms with van der Waals surface area (Å²) in [6.45, 7) is 1.60. The topological polar surface area (TPSA) is 24.1 Å². The molecular formula is C17H20N2S2. The molecule has 0 saturated carbocycles. The van der Waals surface area contributed by atoms with Gasteiger partial charge in [-0.05, 0) is 48.2 Å². The SMILES string of the molecule is CSc1ccc(CNC(=S)NCCc2ccccc2)cc1. The standard InChI is InChI=1S/C17H20N2S2/c1-21-16-9-7-15(8-10-16)13-19-17(20)18-12-11-14-5-3-2-4-6-14/h2-10H,11-13H2,1H3,(H2,18,19,20). The molecule has 0 atom stereocenters. The van der Waals surface area contributed by atoms with Crippen LogP contribution in [-0.2, 0) is 13.0 Å². The first-order valence-corrected chi connectivity index (χ1v) is 8.60. The number of benzene rings is 2. The lowest BCUT2D eigenvalue weighted by atomic mass is 10.1. The summed E-state index contributed by atoms with van der Waals surface area (Å²) >= 11 is 7.04. The molecule has 0 aliphatic rings. The number of hydrogen-bond donors (Lipinski definition) is 2. The number of rotatable bonds is 6. The second-order valence-electron chi connectivity index (χ2n) is 4.69. The van der Waals surface area contributed by atoms with E-state index in [1.54, 1.807) is 11.8 Å². The molecule has 0 fully saturated rings. The third-order valence-electron chi connectivity index (χ3n) is 3.15. The first-order chi connectivity index (χ1) is 10.3. The van der Waals surface area contributed by atoms with E-state index < -0.39 is 0 Å². The van der Waals surface area contributed by atoms with Crippen molar-refractivity contribution < 1.29 is 0 Å². The molecule has 0 bridgehead atoms. The van der Waals surface area contributed by atoms with Crippen LogP contribution in [-0.4, -0.2) is 17.9 Å². The largest absolute Gasteiger partial charge is 0.362 e. The predicted molar refractivity (Wildman–Crippen MR) is 95.8 cm³/mol. The number of thioether (sulfide) groups is 1. The molecule has 0 radical (unpaired) electrons. The van der Waals surface area contributed by atoms with Gasteiger partial charge >= 0.3 is 0 Å². The van der Waals surface area contributed by atoms with Crippen LogP contribution < -0.4 is 10.6 Å². The molecule has 2 aromatic carbocycles. The van der Waals surface area contributed by atoms with Gasteiger partial charge in [0.2, 0.25) is 0 Å². The Labute approximate surface area is 136 Å². The average molecular weight is 316 g/mol. The summed E-state index contributed by atoms with van der Waals surface area (Å²) in [6.07, 6.45) is 3.06. The van der Waals surface area contributed by atoms with E-state index in [2.05, 4.69) is 65.4 Å². The summed E-state index contributed by atoms with van der Waals surface area (Å²) in [7, 11) is 0. The second kappa shape index (κ2) is 8.70. The summed E-state index contributed by atoms with van der Waals surface area (Å²) < 4.78 is 0. The molecule has 0 saturated heterocycles. The number of nitrogens with one attached hydrogen (secondary N) is 2. The quantitative estimate of drug-likeness (QED) is 0.628. The van der Waals surface area contributed by atoms with Gasteiger partial charge in [-0.2, -0.15) is 0 Å². The summed E-state index contributed by atoms with van der Waals surface area (Å²) in [6, 6.07) is 18.9. The van der Waals surface area contributed by atoms with Crippen LogP contribution in [0.2, 0.25) is 0 Å². The van der Waals surface area contributed by atoms with Crippen LogP contribution in [0.3, 0.4) is 0 Å². The third-order valence-corrected chi connectivity index (χ3v) is 4.19. The van der Waals surface area contributed by atoms with Gasteiger partial charge < -0.3 is 10.6 Å². The lowest BCUT2D eigenvalue weighted by Crippen LogP contribution is -2.35. The van der Waals surface area contributed by atoms with Crippen molar-refractivity contribution in [2.45, 2.75) is 17.9 Å². The Morgan fingerprint density at radius 2 is 1.67 bits per heavy atom. The molecular weight excluding hydrogens is 296 g/mol. The van der Waals surface area contributed by atoms with E-state index in [9.17, 15) is 0 Å². The van der Waals surface area contributed by atoms with E-state index in [4.69, 9.17) is 12.2 Å². The van der Waals surface area contributed by atoms with Crippen LogP contribution >= 0.6 is 24.0 Å². The molecule has 0 unspecified atom stereocenters. The van der Waals surface area contributed by atoms with E-state index in [0.717, 1.165) is 19.5 Å². The maximum Gasteiger partial charge on any atom is 0.166 e. The van der Waals surface area contributed by atoms with Crippen molar-refractivity contribution in [1.29, 1.82) is 0 Å². The van der Waals surface area contributed by atoms with Gasteiger partial charge in [-0.15, -0.1) is 11.8 Å². The van der Waals surface area contributed by atoms with Crippen molar-refractivity contribution in [3.05, 3.63) is 65.7 Å². The molecule has 2 rings (SSSR count). The minimum atomic E-state index is 0.708. The zero-order valence-corrected chi connectivity index (χ0v) is 13.8. The molecule has 110 valence electrons. The van der Waals surface area contributed by atoms with Crippen molar-refractivity contribution in [2.24, 2.45) is 0 Å². The second-order valence-corrected chi connectivity index (χ2v) is 5.98.